The Morgan fingerprint density at radius 3 is 2.48 bits per heavy atom. The van der Waals surface area contributed by atoms with Crippen molar-refractivity contribution in [2.75, 3.05) is 11.9 Å². The summed E-state index contributed by atoms with van der Waals surface area (Å²) in [7, 11) is 0. The number of amides is 2. The minimum Gasteiger partial charge on any atom is -0.352 e. The molecule has 0 saturated heterocycles. The third-order valence-corrected chi connectivity index (χ3v) is 4.50. The van der Waals surface area contributed by atoms with Gasteiger partial charge in [0.25, 0.3) is 5.91 Å². The largest absolute Gasteiger partial charge is 0.352 e. The average molecular weight is 385 g/mol. The first-order valence-electron chi connectivity index (χ1n) is 9.21. The first-order chi connectivity index (χ1) is 14.2. The van der Waals surface area contributed by atoms with E-state index >= 15 is 0 Å². The number of rotatable bonds is 6. The van der Waals surface area contributed by atoms with Crippen LogP contribution in [0.4, 0.5) is 5.69 Å². The molecule has 0 aliphatic rings. The van der Waals surface area contributed by atoms with Crippen LogP contribution >= 0.6 is 0 Å². The summed E-state index contributed by atoms with van der Waals surface area (Å²) in [5, 5.41) is 15.3. The molecule has 0 atom stereocenters. The highest BCUT2D eigenvalue weighted by atomic mass is 16.2. The van der Waals surface area contributed by atoms with E-state index in [0.29, 0.717) is 11.3 Å². The van der Waals surface area contributed by atoms with Gasteiger partial charge < -0.3 is 10.6 Å². The van der Waals surface area contributed by atoms with Crippen molar-refractivity contribution in [2.24, 2.45) is 0 Å². The molecule has 0 aliphatic carbocycles. The van der Waals surface area contributed by atoms with Gasteiger partial charge in [0, 0.05) is 24.2 Å². The lowest BCUT2D eigenvalue weighted by atomic mass is 10.1. The number of anilines is 1. The van der Waals surface area contributed by atoms with Gasteiger partial charge in [-0.05, 0) is 41.1 Å². The zero-order valence-electron chi connectivity index (χ0n) is 15.6. The van der Waals surface area contributed by atoms with Gasteiger partial charge in [-0.25, -0.2) is 0 Å². The Balaban J connectivity index is 1.30. The van der Waals surface area contributed by atoms with Gasteiger partial charge in [-0.1, -0.05) is 36.4 Å². The van der Waals surface area contributed by atoms with Gasteiger partial charge in [0.1, 0.15) is 12.7 Å². The van der Waals surface area contributed by atoms with E-state index in [1.807, 2.05) is 54.6 Å². The molecule has 1 aromatic heterocycles. The molecule has 0 aliphatic heterocycles. The Hall–Kier alpha value is -4.00. The maximum atomic E-state index is 12.3. The van der Waals surface area contributed by atoms with E-state index in [-0.39, 0.29) is 24.8 Å². The summed E-state index contributed by atoms with van der Waals surface area (Å²) < 4.78 is 1.75. The fourth-order valence-corrected chi connectivity index (χ4v) is 3.02. The summed E-state index contributed by atoms with van der Waals surface area (Å²) in [6, 6.07) is 20.8. The van der Waals surface area contributed by atoms with Gasteiger partial charge in [0.15, 0.2) is 0 Å². The molecular formula is C22H19N5O2. The quantitative estimate of drug-likeness (QED) is 0.533. The number of hydrogen-bond donors (Lipinski definition) is 2. The second-order valence-corrected chi connectivity index (χ2v) is 6.54. The van der Waals surface area contributed by atoms with Gasteiger partial charge in [0.05, 0.1) is 5.69 Å². The Kier molecular flexibility index (Phi) is 5.29. The van der Waals surface area contributed by atoms with Crippen molar-refractivity contribution >= 4 is 28.3 Å². The molecule has 144 valence electrons. The average Bonchev–Trinajstić information content (AvgIpc) is 3.28. The molecule has 7 nitrogen and oxygen atoms in total. The number of carbonyl (C=O) groups is 2. The summed E-state index contributed by atoms with van der Waals surface area (Å²) in [4.78, 5) is 24.6. The number of hydrogen-bond acceptors (Lipinski definition) is 4. The van der Waals surface area contributed by atoms with Crippen LogP contribution in [0.3, 0.4) is 0 Å². The number of carbonyl (C=O) groups excluding carboxylic acids is 2. The van der Waals surface area contributed by atoms with Gasteiger partial charge >= 0.3 is 0 Å². The second-order valence-electron chi connectivity index (χ2n) is 6.54. The predicted octanol–water partition coefficient (Wildman–Crippen LogP) is 3.18. The molecule has 2 N–H and O–H groups in total. The molecule has 0 unspecified atom stereocenters. The van der Waals surface area contributed by atoms with Crippen LogP contribution in [0.2, 0.25) is 0 Å². The Bertz CT molecular complexity index is 1150. The molecule has 29 heavy (non-hydrogen) atoms. The molecule has 4 rings (SSSR count). The van der Waals surface area contributed by atoms with E-state index in [4.69, 9.17) is 0 Å². The molecule has 0 radical (unpaired) electrons. The number of nitrogens with one attached hydrogen (secondary N) is 2. The molecule has 0 fully saturated rings. The van der Waals surface area contributed by atoms with Crippen molar-refractivity contribution in [3.05, 3.63) is 84.9 Å². The van der Waals surface area contributed by atoms with Gasteiger partial charge in [-0.15, -0.1) is 10.2 Å². The smallest absolute Gasteiger partial charge is 0.251 e. The van der Waals surface area contributed by atoms with Crippen molar-refractivity contribution in [3.8, 4) is 5.69 Å². The van der Waals surface area contributed by atoms with E-state index in [1.165, 1.54) is 0 Å². The standard InChI is InChI=1S/C22H19N5O2/c28-21(26-19-6-3-7-20(13-19)27-14-24-25-15-27)10-11-23-22(29)18-9-8-16-4-1-2-5-17(16)12-18/h1-9,12-15H,10-11H2,(H,23,29)(H,26,28). The minimum atomic E-state index is -0.196. The van der Waals surface area contributed by atoms with Crippen LogP contribution in [0.5, 0.6) is 0 Å². The van der Waals surface area contributed by atoms with Crippen LogP contribution in [-0.2, 0) is 4.79 Å². The fourth-order valence-electron chi connectivity index (χ4n) is 3.02. The Morgan fingerprint density at radius 2 is 1.66 bits per heavy atom. The summed E-state index contributed by atoms with van der Waals surface area (Å²) in [6.45, 7) is 0.253. The van der Waals surface area contributed by atoms with E-state index < -0.39 is 0 Å². The van der Waals surface area contributed by atoms with Crippen LogP contribution in [0.1, 0.15) is 16.8 Å². The maximum absolute atomic E-state index is 12.3. The third-order valence-electron chi connectivity index (χ3n) is 4.50. The highest BCUT2D eigenvalue weighted by Gasteiger charge is 2.08. The maximum Gasteiger partial charge on any atom is 0.251 e. The summed E-state index contributed by atoms with van der Waals surface area (Å²) in [5.74, 6) is -0.372. The van der Waals surface area contributed by atoms with Gasteiger partial charge in [-0.2, -0.15) is 0 Å². The fraction of sp³-hybridized carbons (Fsp3) is 0.0909. The van der Waals surface area contributed by atoms with Crippen LogP contribution in [0.25, 0.3) is 16.5 Å². The molecule has 7 heteroatoms. The highest BCUT2D eigenvalue weighted by Crippen LogP contribution is 2.16. The lowest BCUT2D eigenvalue weighted by molar-refractivity contribution is -0.116. The topological polar surface area (TPSA) is 88.9 Å². The van der Waals surface area contributed by atoms with Crippen LogP contribution < -0.4 is 10.6 Å². The lowest BCUT2D eigenvalue weighted by Crippen LogP contribution is -2.27. The third kappa shape index (κ3) is 4.47. The van der Waals surface area contributed by atoms with Gasteiger partial charge in [0.2, 0.25) is 5.91 Å². The SMILES string of the molecule is O=C(CCNC(=O)c1ccc2ccccc2c1)Nc1cccc(-n2cnnc2)c1. The Labute approximate surface area is 167 Å². The lowest BCUT2D eigenvalue weighted by Gasteiger charge is -2.09. The highest BCUT2D eigenvalue weighted by molar-refractivity contribution is 5.99. The second kappa shape index (κ2) is 8.35. The zero-order chi connectivity index (χ0) is 20.1. The predicted molar refractivity (Wildman–Crippen MR) is 111 cm³/mol. The van der Waals surface area contributed by atoms with Crippen molar-refractivity contribution in [1.82, 2.24) is 20.1 Å². The minimum absolute atomic E-state index is 0.176. The summed E-state index contributed by atoms with van der Waals surface area (Å²) in [5.41, 5.74) is 2.09. The van der Waals surface area contributed by atoms with Crippen LogP contribution in [0, 0.1) is 0 Å². The number of fused-ring (bicyclic) bond motifs is 1. The molecule has 4 aromatic rings. The molecule has 0 saturated carbocycles. The molecule has 0 spiro atoms. The van der Waals surface area contributed by atoms with Crippen molar-refractivity contribution < 1.29 is 9.59 Å². The van der Waals surface area contributed by atoms with Crippen molar-refractivity contribution in [3.63, 3.8) is 0 Å². The number of nitrogens with zero attached hydrogens (tertiary/aromatic N) is 3. The van der Waals surface area contributed by atoms with Gasteiger partial charge in [-0.3, -0.25) is 14.2 Å². The molecule has 1 heterocycles. The summed E-state index contributed by atoms with van der Waals surface area (Å²) in [6.07, 6.45) is 3.35. The zero-order valence-corrected chi connectivity index (χ0v) is 15.6. The van der Waals surface area contributed by atoms with E-state index in [2.05, 4.69) is 20.8 Å². The number of benzene rings is 3. The molecule has 0 bridgehead atoms. The van der Waals surface area contributed by atoms with E-state index in [9.17, 15) is 9.59 Å². The van der Waals surface area contributed by atoms with Crippen LogP contribution in [0.15, 0.2) is 79.4 Å². The van der Waals surface area contributed by atoms with Crippen molar-refractivity contribution in [2.45, 2.75) is 6.42 Å². The summed E-state index contributed by atoms with van der Waals surface area (Å²) >= 11 is 0. The van der Waals surface area contributed by atoms with Crippen molar-refractivity contribution in [1.29, 1.82) is 0 Å². The molecular weight excluding hydrogens is 366 g/mol. The van der Waals surface area contributed by atoms with E-state index in [0.717, 1.165) is 16.5 Å². The first kappa shape index (κ1) is 18.4. The first-order valence-corrected chi connectivity index (χ1v) is 9.21. The van der Waals surface area contributed by atoms with Crippen LogP contribution in [-0.4, -0.2) is 33.1 Å². The number of aromatic nitrogens is 3. The Morgan fingerprint density at radius 1 is 0.862 bits per heavy atom. The van der Waals surface area contributed by atoms with E-state index in [1.54, 1.807) is 29.4 Å². The molecule has 2 amide bonds. The monoisotopic (exact) mass is 385 g/mol. The normalized spacial score (nSPS) is 10.6. The molecule has 3 aromatic carbocycles.